The summed E-state index contributed by atoms with van der Waals surface area (Å²) in [5, 5.41) is 0. The van der Waals surface area contributed by atoms with Crippen LogP contribution in [0.1, 0.15) is 47.6 Å². The topological polar surface area (TPSA) is 22.0 Å². The van der Waals surface area contributed by atoms with Gasteiger partial charge in [0.1, 0.15) is 5.82 Å². The van der Waals surface area contributed by atoms with Gasteiger partial charge in [0.05, 0.1) is 5.69 Å². The summed E-state index contributed by atoms with van der Waals surface area (Å²) < 4.78 is 15.7. The number of ketones is 1. The molecule has 110 valence electrons. The van der Waals surface area contributed by atoms with Crippen molar-refractivity contribution in [3.8, 4) is 5.69 Å². The normalized spacial score (nSPS) is 16.9. The first-order chi connectivity index (χ1) is 9.78. The highest BCUT2D eigenvalue weighted by molar-refractivity contribution is 5.99. The Morgan fingerprint density at radius 1 is 1.14 bits per heavy atom. The SMILES string of the molecule is Cc1ccc(F)cc1-n1c(C)cc2c1CC(C)(C)CC2=O. The minimum Gasteiger partial charge on any atom is -0.317 e. The number of fused-ring (bicyclic) bond motifs is 1. The molecule has 0 unspecified atom stereocenters. The molecule has 0 fully saturated rings. The Morgan fingerprint density at radius 2 is 1.86 bits per heavy atom. The van der Waals surface area contributed by atoms with Gasteiger partial charge in [0, 0.05) is 23.4 Å². The lowest BCUT2D eigenvalue weighted by Crippen LogP contribution is -2.28. The number of aromatic nitrogens is 1. The van der Waals surface area contributed by atoms with Crippen molar-refractivity contribution in [2.45, 2.75) is 40.5 Å². The number of halogens is 1. The number of carbonyl (C=O) groups is 1. The molecule has 1 aliphatic rings. The first kappa shape index (κ1) is 14.1. The fourth-order valence-electron chi connectivity index (χ4n) is 3.31. The van der Waals surface area contributed by atoms with Gasteiger partial charge in [-0.2, -0.15) is 0 Å². The Balaban J connectivity index is 2.26. The zero-order valence-corrected chi connectivity index (χ0v) is 13.0. The van der Waals surface area contributed by atoms with E-state index in [0.717, 1.165) is 34.6 Å². The van der Waals surface area contributed by atoms with Crippen molar-refractivity contribution < 1.29 is 9.18 Å². The van der Waals surface area contributed by atoms with Crippen molar-refractivity contribution >= 4 is 5.78 Å². The molecule has 2 aromatic rings. The molecular formula is C18H20FNO. The molecule has 3 heteroatoms. The molecule has 1 aromatic heterocycles. The molecule has 0 amide bonds. The smallest absolute Gasteiger partial charge is 0.165 e. The summed E-state index contributed by atoms with van der Waals surface area (Å²) >= 11 is 0. The number of benzene rings is 1. The van der Waals surface area contributed by atoms with Crippen molar-refractivity contribution in [2.75, 3.05) is 0 Å². The standard InChI is InChI=1S/C18H20FNO/c1-11-5-6-13(19)8-15(11)20-12(2)7-14-16(20)9-18(3,4)10-17(14)21/h5-8H,9-10H2,1-4H3. The molecule has 0 saturated heterocycles. The third kappa shape index (κ3) is 2.31. The van der Waals surface area contributed by atoms with E-state index < -0.39 is 0 Å². The third-order valence-corrected chi connectivity index (χ3v) is 4.28. The molecule has 21 heavy (non-hydrogen) atoms. The number of aryl methyl sites for hydroxylation is 2. The molecular weight excluding hydrogens is 265 g/mol. The van der Waals surface area contributed by atoms with Crippen LogP contribution in [0.3, 0.4) is 0 Å². The molecule has 0 atom stereocenters. The van der Waals surface area contributed by atoms with Crippen LogP contribution >= 0.6 is 0 Å². The summed E-state index contributed by atoms with van der Waals surface area (Å²) in [6.07, 6.45) is 1.41. The van der Waals surface area contributed by atoms with Gasteiger partial charge >= 0.3 is 0 Å². The molecule has 1 aromatic carbocycles. The van der Waals surface area contributed by atoms with Crippen LogP contribution in [0.5, 0.6) is 0 Å². The Bertz CT molecular complexity index is 740. The van der Waals surface area contributed by atoms with Gasteiger partial charge in [-0.25, -0.2) is 4.39 Å². The summed E-state index contributed by atoms with van der Waals surface area (Å²) in [7, 11) is 0. The summed E-state index contributed by atoms with van der Waals surface area (Å²) in [6, 6.07) is 6.75. The van der Waals surface area contributed by atoms with Gasteiger partial charge < -0.3 is 4.57 Å². The molecule has 1 aliphatic carbocycles. The van der Waals surface area contributed by atoms with E-state index in [1.807, 2.05) is 24.5 Å². The van der Waals surface area contributed by atoms with E-state index in [9.17, 15) is 9.18 Å². The molecule has 3 rings (SSSR count). The highest BCUT2D eigenvalue weighted by Crippen LogP contribution is 2.37. The maximum atomic E-state index is 13.7. The molecule has 0 bridgehead atoms. The van der Waals surface area contributed by atoms with Crippen molar-refractivity contribution in [3.05, 3.63) is 52.6 Å². The van der Waals surface area contributed by atoms with E-state index in [-0.39, 0.29) is 17.0 Å². The van der Waals surface area contributed by atoms with Gasteiger partial charge in [-0.05, 0) is 49.4 Å². The van der Waals surface area contributed by atoms with Crippen LogP contribution in [-0.4, -0.2) is 10.4 Å². The second-order valence-electron chi connectivity index (χ2n) is 6.85. The predicted octanol–water partition coefficient (Wildman–Crippen LogP) is 4.39. The lowest BCUT2D eigenvalue weighted by molar-refractivity contribution is 0.0911. The van der Waals surface area contributed by atoms with E-state index >= 15 is 0 Å². The Kier molecular flexibility index (Phi) is 3.05. The molecule has 0 spiro atoms. The minimum absolute atomic E-state index is 0.0478. The van der Waals surface area contributed by atoms with Gasteiger partial charge in [0.25, 0.3) is 0 Å². The highest BCUT2D eigenvalue weighted by atomic mass is 19.1. The number of hydrogen-bond donors (Lipinski definition) is 0. The quantitative estimate of drug-likeness (QED) is 0.761. The van der Waals surface area contributed by atoms with Crippen molar-refractivity contribution in [1.29, 1.82) is 0 Å². The average molecular weight is 285 g/mol. The highest BCUT2D eigenvalue weighted by Gasteiger charge is 2.34. The number of Topliss-reactive ketones (excluding diaryl/α,β-unsaturated/α-hetero) is 1. The van der Waals surface area contributed by atoms with Crippen LogP contribution < -0.4 is 0 Å². The fraction of sp³-hybridized carbons (Fsp3) is 0.389. The molecule has 0 aliphatic heterocycles. The van der Waals surface area contributed by atoms with E-state index in [1.54, 1.807) is 12.1 Å². The van der Waals surface area contributed by atoms with Crippen LogP contribution in [0.25, 0.3) is 5.69 Å². The second kappa shape index (κ2) is 4.55. The Labute approximate surface area is 124 Å². The largest absolute Gasteiger partial charge is 0.317 e. The van der Waals surface area contributed by atoms with Crippen molar-refractivity contribution in [1.82, 2.24) is 4.57 Å². The molecule has 1 heterocycles. The third-order valence-electron chi connectivity index (χ3n) is 4.28. The average Bonchev–Trinajstić information content (AvgIpc) is 2.68. The van der Waals surface area contributed by atoms with Gasteiger partial charge in [0.15, 0.2) is 5.78 Å². The maximum absolute atomic E-state index is 13.7. The van der Waals surface area contributed by atoms with E-state index in [2.05, 4.69) is 13.8 Å². The van der Waals surface area contributed by atoms with Gasteiger partial charge in [0.2, 0.25) is 0 Å². The number of rotatable bonds is 1. The summed E-state index contributed by atoms with van der Waals surface area (Å²) in [4.78, 5) is 12.4. The molecule has 2 nitrogen and oxygen atoms in total. The Morgan fingerprint density at radius 3 is 2.57 bits per heavy atom. The maximum Gasteiger partial charge on any atom is 0.165 e. The summed E-state index contributed by atoms with van der Waals surface area (Å²) in [5.74, 6) is -0.0593. The summed E-state index contributed by atoms with van der Waals surface area (Å²) in [6.45, 7) is 8.16. The number of nitrogens with zero attached hydrogens (tertiary/aromatic N) is 1. The lowest BCUT2D eigenvalue weighted by Gasteiger charge is -2.30. The zero-order valence-electron chi connectivity index (χ0n) is 13.0. The predicted molar refractivity (Wildman–Crippen MR) is 81.6 cm³/mol. The fourth-order valence-corrected chi connectivity index (χ4v) is 3.31. The van der Waals surface area contributed by atoms with E-state index in [4.69, 9.17) is 0 Å². The summed E-state index contributed by atoms with van der Waals surface area (Å²) in [5.41, 5.74) is 4.60. The zero-order chi connectivity index (χ0) is 15.4. The van der Waals surface area contributed by atoms with Crippen molar-refractivity contribution in [2.24, 2.45) is 5.41 Å². The van der Waals surface area contributed by atoms with Crippen LogP contribution in [0.15, 0.2) is 24.3 Å². The van der Waals surface area contributed by atoms with Gasteiger partial charge in [-0.3, -0.25) is 4.79 Å². The van der Waals surface area contributed by atoms with E-state index in [0.29, 0.717) is 6.42 Å². The first-order valence-electron chi connectivity index (χ1n) is 7.29. The van der Waals surface area contributed by atoms with E-state index in [1.165, 1.54) is 6.07 Å². The van der Waals surface area contributed by atoms with Crippen molar-refractivity contribution in [3.63, 3.8) is 0 Å². The first-order valence-corrected chi connectivity index (χ1v) is 7.29. The van der Waals surface area contributed by atoms with Gasteiger partial charge in [-0.1, -0.05) is 19.9 Å². The molecule has 0 N–H and O–H groups in total. The number of hydrogen-bond acceptors (Lipinski definition) is 1. The minimum atomic E-state index is -0.251. The Hall–Kier alpha value is -1.90. The van der Waals surface area contributed by atoms with Crippen LogP contribution in [0, 0.1) is 25.1 Å². The lowest BCUT2D eigenvalue weighted by atomic mass is 9.76. The van der Waals surface area contributed by atoms with Crippen LogP contribution in [-0.2, 0) is 6.42 Å². The number of carbonyl (C=O) groups excluding carboxylic acids is 1. The molecule has 0 saturated carbocycles. The van der Waals surface area contributed by atoms with Crippen LogP contribution in [0.4, 0.5) is 4.39 Å². The van der Waals surface area contributed by atoms with Gasteiger partial charge in [-0.15, -0.1) is 0 Å². The second-order valence-corrected chi connectivity index (χ2v) is 6.85. The van der Waals surface area contributed by atoms with Crippen LogP contribution in [0.2, 0.25) is 0 Å². The molecule has 0 radical (unpaired) electrons. The monoisotopic (exact) mass is 285 g/mol.